The topological polar surface area (TPSA) is 75.9 Å². The molecule has 0 unspecified atom stereocenters. The van der Waals surface area contributed by atoms with Gasteiger partial charge in [-0.1, -0.05) is 0 Å². The fourth-order valence-corrected chi connectivity index (χ4v) is 2.92. The molecule has 0 saturated carbocycles. The molecule has 6 heteroatoms. The maximum Gasteiger partial charge on any atom is 0.160 e. The zero-order valence-corrected chi connectivity index (χ0v) is 9.96. The quantitative estimate of drug-likeness (QED) is 0.543. The highest BCUT2D eigenvalue weighted by molar-refractivity contribution is 7.99. The molecule has 5 nitrogen and oxygen atoms in total. The number of hydrogen-bond acceptors (Lipinski definition) is 6. The van der Waals surface area contributed by atoms with Crippen LogP contribution >= 0.6 is 11.8 Å². The monoisotopic (exact) mass is 239 g/mol. The van der Waals surface area contributed by atoms with E-state index in [-0.39, 0.29) is 0 Å². The predicted molar refractivity (Wildman–Crippen MR) is 68.4 cm³/mol. The Morgan fingerprint density at radius 3 is 2.81 bits per heavy atom. The van der Waals surface area contributed by atoms with E-state index in [1.807, 2.05) is 11.8 Å². The van der Waals surface area contributed by atoms with Crippen molar-refractivity contribution in [1.82, 2.24) is 9.97 Å². The first-order chi connectivity index (χ1) is 7.88. The molecule has 0 spiro atoms. The first kappa shape index (κ1) is 11.5. The van der Waals surface area contributed by atoms with Gasteiger partial charge in [-0.3, -0.25) is 4.98 Å². The molecular weight excluding hydrogens is 222 g/mol. The molecule has 1 aliphatic rings. The molecule has 88 valence electrons. The average Bonchev–Trinajstić information content (AvgIpc) is 2.38. The van der Waals surface area contributed by atoms with Crippen molar-refractivity contribution in [3.05, 3.63) is 12.4 Å². The molecule has 1 aromatic rings. The summed E-state index contributed by atoms with van der Waals surface area (Å²) in [6.07, 6.45) is 5.90. The van der Waals surface area contributed by atoms with Crippen LogP contribution in [-0.2, 0) is 0 Å². The van der Waals surface area contributed by atoms with Crippen LogP contribution in [0.15, 0.2) is 12.4 Å². The standard InChI is InChI=1S/C10H17N5S/c11-15-10-7-12-6-9(14-10)13-5-8-1-3-16-4-2-8/h6-8H,1-5,11H2,(H2,13,14,15). The van der Waals surface area contributed by atoms with Crippen LogP contribution in [0.5, 0.6) is 0 Å². The summed E-state index contributed by atoms with van der Waals surface area (Å²) in [7, 11) is 0. The number of hydrogen-bond donors (Lipinski definition) is 3. The van der Waals surface area contributed by atoms with E-state index in [0.29, 0.717) is 5.82 Å². The third-order valence-corrected chi connectivity index (χ3v) is 3.74. The number of thioether (sulfide) groups is 1. The van der Waals surface area contributed by atoms with Gasteiger partial charge >= 0.3 is 0 Å². The molecule has 1 saturated heterocycles. The Morgan fingerprint density at radius 1 is 1.31 bits per heavy atom. The van der Waals surface area contributed by atoms with Crippen molar-refractivity contribution in [3.63, 3.8) is 0 Å². The van der Waals surface area contributed by atoms with Crippen LogP contribution in [0.3, 0.4) is 0 Å². The number of nitrogen functional groups attached to an aromatic ring is 1. The lowest BCUT2D eigenvalue weighted by atomic mass is 10.0. The second kappa shape index (κ2) is 5.91. The third-order valence-electron chi connectivity index (χ3n) is 2.70. The maximum atomic E-state index is 5.27. The van der Waals surface area contributed by atoms with Gasteiger partial charge in [-0.25, -0.2) is 10.8 Å². The van der Waals surface area contributed by atoms with E-state index in [1.165, 1.54) is 24.3 Å². The summed E-state index contributed by atoms with van der Waals surface area (Å²) < 4.78 is 0. The van der Waals surface area contributed by atoms with Crippen LogP contribution < -0.4 is 16.6 Å². The number of nitrogens with zero attached hydrogens (tertiary/aromatic N) is 2. The van der Waals surface area contributed by atoms with Gasteiger partial charge < -0.3 is 10.7 Å². The minimum Gasteiger partial charge on any atom is -0.368 e. The molecule has 0 aromatic carbocycles. The minimum atomic E-state index is 0.587. The lowest BCUT2D eigenvalue weighted by molar-refractivity contribution is 0.515. The van der Waals surface area contributed by atoms with Gasteiger partial charge in [-0.2, -0.15) is 11.8 Å². The molecule has 0 radical (unpaired) electrons. The Morgan fingerprint density at radius 2 is 2.06 bits per heavy atom. The van der Waals surface area contributed by atoms with Crippen molar-refractivity contribution in [2.45, 2.75) is 12.8 Å². The molecule has 1 aromatic heterocycles. The normalized spacial score (nSPS) is 17.1. The number of anilines is 2. The molecule has 0 aliphatic carbocycles. The fourth-order valence-electron chi connectivity index (χ4n) is 1.72. The van der Waals surface area contributed by atoms with Crippen molar-refractivity contribution in [3.8, 4) is 0 Å². The Bertz CT molecular complexity index is 327. The lowest BCUT2D eigenvalue weighted by Crippen LogP contribution is -2.20. The van der Waals surface area contributed by atoms with E-state index in [4.69, 9.17) is 5.84 Å². The van der Waals surface area contributed by atoms with E-state index < -0.39 is 0 Å². The van der Waals surface area contributed by atoms with E-state index in [0.717, 1.165) is 18.3 Å². The largest absolute Gasteiger partial charge is 0.368 e. The number of rotatable bonds is 4. The summed E-state index contributed by atoms with van der Waals surface area (Å²) >= 11 is 2.04. The highest BCUT2D eigenvalue weighted by atomic mass is 32.2. The molecule has 1 fully saturated rings. The van der Waals surface area contributed by atoms with Gasteiger partial charge in [-0.15, -0.1) is 0 Å². The first-order valence-corrected chi connectivity index (χ1v) is 6.64. The van der Waals surface area contributed by atoms with E-state index in [9.17, 15) is 0 Å². The molecule has 0 atom stereocenters. The van der Waals surface area contributed by atoms with Crippen molar-refractivity contribution < 1.29 is 0 Å². The highest BCUT2D eigenvalue weighted by Gasteiger charge is 2.13. The molecule has 16 heavy (non-hydrogen) atoms. The highest BCUT2D eigenvalue weighted by Crippen LogP contribution is 2.22. The van der Waals surface area contributed by atoms with Gasteiger partial charge in [0, 0.05) is 6.54 Å². The second-order valence-corrected chi connectivity index (χ2v) is 5.10. The maximum absolute atomic E-state index is 5.27. The Hall–Kier alpha value is -1.01. The fraction of sp³-hybridized carbons (Fsp3) is 0.600. The number of nitrogens with two attached hydrogens (primary N) is 1. The number of nitrogens with one attached hydrogen (secondary N) is 2. The summed E-state index contributed by atoms with van der Waals surface area (Å²) in [5.74, 6) is 9.97. The van der Waals surface area contributed by atoms with E-state index >= 15 is 0 Å². The smallest absolute Gasteiger partial charge is 0.160 e. The Labute approximate surface area is 99.6 Å². The summed E-state index contributed by atoms with van der Waals surface area (Å²) in [5.41, 5.74) is 2.49. The SMILES string of the molecule is NNc1cncc(NCC2CCSCC2)n1. The first-order valence-electron chi connectivity index (χ1n) is 5.49. The molecular formula is C10H17N5S. The number of aromatic nitrogens is 2. The van der Waals surface area contributed by atoms with Gasteiger partial charge in [0.1, 0.15) is 5.82 Å². The molecule has 0 bridgehead atoms. The summed E-state index contributed by atoms with van der Waals surface area (Å²) in [6, 6.07) is 0. The Kier molecular flexibility index (Phi) is 4.24. The predicted octanol–water partition coefficient (Wildman–Crippen LogP) is 1.32. The number of hydrazine groups is 1. The zero-order valence-electron chi connectivity index (χ0n) is 9.15. The van der Waals surface area contributed by atoms with Crippen molar-refractivity contribution in [1.29, 1.82) is 0 Å². The molecule has 2 heterocycles. The van der Waals surface area contributed by atoms with Crippen LogP contribution in [-0.4, -0.2) is 28.0 Å². The van der Waals surface area contributed by atoms with Gasteiger partial charge in [-0.05, 0) is 30.3 Å². The summed E-state index contributed by atoms with van der Waals surface area (Å²) in [6.45, 7) is 0.975. The van der Waals surface area contributed by atoms with E-state index in [2.05, 4.69) is 20.7 Å². The molecule has 2 rings (SSSR count). The summed E-state index contributed by atoms with van der Waals surface area (Å²) in [4.78, 5) is 8.31. The summed E-state index contributed by atoms with van der Waals surface area (Å²) in [5, 5.41) is 3.31. The van der Waals surface area contributed by atoms with Crippen molar-refractivity contribution >= 4 is 23.4 Å². The molecule has 1 aliphatic heterocycles. The van der Waals surface area contributed by atoms with Gasteiger partial charge in [0.2, 0.25) is 0 Å². The lowest BCUT2D eigenvalue weighted by Gasteiger charge is -2.21. The van der Waals surface area contributed by atoms with Crippen LogP contribution in [0.4, 0.5) is 11.6 Å². The Balaban J connectivity index is 1.83. The van der Waals surface area contributed by atoms with E-state index in [1.54, 1.807) is 12.4 Å². The van der Waals surface area contributed by atoms with Crippen LogP contribution in [0.2, 0.25) is 0 Å². The molecule has 0 amide bonds. The van der Waals surface area contributed by atoms with Crippen LogP contribution in [0.25, 0.3) is 0 Å². The van der Waals surface area contributed by atoms with Crippen molar-refractivity contribution in [2.75, 3.05) is 28.8 Å². The van der Waals surface area contributed by atoms with Crippen molar-refractivity contribution in [2.24, 2.45) is 11.8 Å². The van der Waals surface area contributed by atoms with Gasteiger partial charge in [0.15, 0.2) is 5.82 Å². The van der Waals surface area contributed by atoms with Gasteiger partial charge in [0.25, 0.3) is 0 Å². The zero-order chi connectivity index (χ0) is 11.2. The second-order valence-electron chi connectivity index (χ2n) is 3.87. The minimum absolute atomic E-state index is 0.587. The van der Waals surface area contributed by atoms with Crippen LogP contribution in [0.1, 0.15) is 12.8 Å². The third kappa shape index (κ3) is 3.24. The average molecular weight is 239 g/mol. The van der Waals surface area contributed by atoms with Crippen LogP contribution in [0, 0.1) is 5.92 Å². The molecule has 4 N–H and O–H groups in total. The van der Waals surface area contributed by atoms with Gasteiger partial charge in [0.05, 0.1) is 12.4 Å².